The number of fused-ring (bicyclic) bond motifs is 1. The van der Waals surface area contributed by atoms with Gasteiger partial charge >= 0.3 is 5.97 Å². The third kappa shape index (κ3) is 2.36. The summed E-state index contributed by atoms with van der Waals surface area (Å²) in [6.45, 7) is 1.86. The van der Waals surface area contributed by atoms with Crippen LogP contribution in [0.25, 0.3) is 0 Å². The van der Waals surface area contributed by atoms with Gasteiger partial charge in [-0.15, -0.1) is 0 Å². The fraction of sp³-hybridized carbons (Fsp3) is 0.214. The van der Waals surface area contributed by atoms with Crippen molar-refractivity contribution in [3.05, 3.63) is 41.1 Å². The van der Waals surface area contributed by atoms with Crippen molar-refractivity contribution in [2.24, 2.45) is 0 Å². The van der Waals surface area contributed by atoms with Gasteiger partial charge in [0.1, 0.15) is 28.8 Å². The summed E-state index contributed by atoms with van der Waals surface area (Å²) in [5.74, 6) is -1.13. The molecule has 0 saturated heterocycles. The summed E-state index contributed by atoms with van der Waals surface area (Å²) in [5.41, 5.74) is 1.25. The molecule has 0 radical (unpaired) electrons. The van der Waals surface area contributed by atoms with E-state index in [4.69, 9.17) is 9.84 Å². The lowest BCUT2D eigenvalue weighted by molar-refractivity contribution is -0.117. The molecule has 0 spiro atoms. The van der Waals surface area contributed by atoms with Crippen molar-refractivity contribution in [1.82, 2.24) is 4.37 Å². The monoisotopic (exact) mass is 304 g/mol. The van der Waals surface area contributed by atoms with Gasteiger partial charge in [0.05, 0.1) is 5.69 Å². The third-order valence-electron chi connectivity index (χ3n) is 3.33. The average molecular weight is 304 g/mol. The van der Waals surface area contributed by atoms with Crippen LogP contribution in [0, 0.1) is 6.92 Å². The Morgan fingerprint density at radius 2 is 2.19 bits per heavy atom. The van der Waals surface area contributed by atoms with Gasteiger partial charge in [0.15, 0.2) is 0 Å². The summed E-state index contributed by atoms with van der Waals surface area (Å²) in [6, 6.07) is 7.33. The van der Waals surface area contributed by atoms with Gasteiger partial charge < -0.3 is 15.2 Å². The molecule has 21 heavy (non-hydrogen) atoms. The second-order valence-electron chi connectivity index (χ2n) is 4.67. The number of aryl methyl sites for hydroxylation is 1. The van der Waals surface area contributed by atoms with Crippen LogP contribution in [0.4, 0.5) is 5.00 Å². The molecule has 108 valence electrons. The quantitative estimate of drug-likeness (QED) is 0.908. The zero-order valence-electron chi connectivity index (χ0n) is 11.1. The molecule has 2 heterocycles. The second-order valence-corrected chi connectivity index (χ2v) is 5.44. The number of carbonyl (C=O) groups excluding carboxylic acids is 1. The van der Waals surface area contributed by atoms with E-state index in [1.165, 1.54) is 0 Å². The van der Waals surface area contributed by atoms with Crippen LogP contribution in [0.15, 0.2) is 24.3 Å². The van der Waals surface area contributed by atoms with Crippen molar-refractivity contribution in [3.63, 3.8) is 0 Å². The smallest absolute Gasteiger partial charge is 0.340 e. The molecular formula is C14H12N2O4S. The van der Waals surface area contributed by atoms with Gasteiger partial charge in [0.2, 0.25) is 5.91 Å². The Hall–Kier alpha value is -2.41. The third-order valence-corrected chi connectivity index (χ3v) is 4.18. The molecule has 1 aromatic carbocycles. The summed E-state index contributed by atoms with van der Waals surface area (Å²) < 4.78 is 9.44. The van der Waals surface area contributed by atoms with Crippen LogP contribution in [0.3, 0.4) is 0 Å². The zero-order valence-corrected chi connectivity index (χ0v) is 11.9. The van der Waals surface area contributed by atoms with Crippen molar-refractivity contribution in [2.75, 3.05) is 11.9 Å². The summed E-state index contributed by atoms with van der Waals surface area (Å²) >= 11 is 0.969. The first kappa shape index (κ1) is 13.6. The number of aromatic carboxylic acids is 1. The van der Waals surface area contributed by atoms with E-state index in [2.05, 4.69) is 9.69 Å². The fourth-order valence-corrected chi connectivity index (χ4v) is 3.08. The molecule has 7 heteroatoms. The Balaban J connectivity index is 1.84. The van der Waals surface area contributed by atoms with Crippen LogP contribution in [0.2, 0.25) is 0 Å². The van der Waals surface area contributed by atoms with Gasteiger partial charge in [0, 0.05) is 5.56 Å². The average Bonchev–Trinajstić information content (AvgIpc) is 3.02. The Labute approximate surface area is 124 Å². The van der Waals surface area contributed by atoms with E-state index in [1.54, 1.807) is 6.92 Å². The predicted molar refractivity (Wildman–Crippen MR) is 77.1 cm³/mol. The molecule has 6 nitrogen and oxygen atoms in total. The fourth-order valence-electron chi connectivity index (χ4n) is 2.29. The highest BCUT2D eigenvalue weighted by Crippen LogP contribution is 2.35. The molecule has 3 rings (SSSR count). The van der Waals surface area contributed by atoms with Crippen LogP contribution >= 0.6 is 11.5 Å². The Morgan fingerprint density at radius 3 is 2.95 bits per heavy atom. The first-order valence-electron chi connectivity index (χ1n) is 6.30. The van der Waals surface area contributed by atoms with Crippen LogP contribution in [0.1, 0.15) is 27.5 Å². The van der Waals surface area contributed by atoms with Crippen molar-refractivity contribution >= 4 is 28.4 Å². The van der Waals surface area contributed by atoms with Crippen molar-refractivity contribution in [1.29, 1.82) is 0 Å². The molecule has 2 N–H and O–H groups in total. The van der Waals surface area contributed by atoms with Crippen molar-refractivity contribution in [3.8, 4) is 5.75 Å². The maximum absolute atomic E-state index is 12.4. The topological polar surface area (TPSA) is 88.5 Å². The van der Waals surface area contributed by atoms with E-state index in [1.807, 2.05) is 24.3 Å². The number of nitrogens with one attached hydrogen (secondary N) is 1. The van der Waals surface area contributed by atoms with E-state index in [0.29, 0.717) is 11.4 Å². The number of hydrogen-bond acceptors (Lipinski definition) is 5. The summed E-state index contributed by atoms with van der Waals surface area (Å²) in [6.07, 6.45) is 0. The summed E-state index contributed by atoms with van der Waals surface area (Å²) in [5, 5.41) is 12.1. The Kier molecular flexibility index (Phi) is 3.34. The minimum absolute atomic E-state index is 0.0422. The maximum atomic E-state index is 12.4. The number of anilines is 1. The number of ether oxygens (including phenoxy) is 1. The number of rotatable bonds is 3. The molecule has 2 aromatic rings. The Bertz CT molecular complexity index is 726. The van der Waals surface area contributed by atoms with Gasteiger partial charge in [-0.05, 0) is 24.5 Å². The lowest BCUT2D eigenvalue weighted by Crippen LogP contribution is -2.22. The number of amides is 1. The Morgan fingerprint density at radius 1 is 1.43 bits per heavy atom. The number of carboxylic acids is 1. The number of hydrogen-bond donors (Lipinski definition) is 2. The lowest BCUT2D eigenvalue weighted by Gasteiger charge is -2.09. The first-order chi connectivity index (χ1) is 10.1. The normalized spacial score (nSPS) is 16.1. The minimum atomic E-state index is -1.10. The summed E-state index contributed by atoms with van der Waals surface area (Å²) in [4.78, 5) is 23.6. The van der Waals surface area contributed by atoms with Crippen molar-refractivity contribution in [2.45, 2.75) is 12.8 Å². The van der Waals surface area contributed by atoms with Gasteiger partial charge in [-0.3, -0.25) is 4.79 Å². The van der Waals surface area contributed by atoms with Gasteiger partial charge in [0.25, 0.3) is 0 Å². The summed E-state index contributed by atoms with van der Waals surface area (Å²) in [7, 11) is 0. The molecule has 0 fully saturated rings. The van der Waals surface area contributed by atoms with Crippen LogP contribution in [0.5, 0.6) is 5.75 Å². The van der Waals surface area contributed by atoms with E-state index in [-0.39, 0.29) is 23.1 Å². The lowest BCUT2D eigenvalue weighted by atomic mass is 10.0. The van der Waals surface area contributed by atoms with Gasteiger partial charge in [-0.2, -0.15) is 4.37 Å². The number of nitrogens with zero attached hydrogens (tertiary/aromatic N) is 1. The largest absolute Gasteiger partial charge is 0.492 e. The molecular weight excluding hydrogens is 292 g/mol. The number of benzene rings is 1. The molecule has 1 atom stereocenters. The van der Waals surface area contributed by atoms with E-state index < -0.39 is 11.9 Å². The van der Waals surface area contributed by atoms with Crippen LogP contribution < -0.4 is 10.1 Å². The second kappa shape index (κ2) is 5.17. The van der Waals surface area contributed by atoms with Crippen LogP contribution in [-0.4, -0.2) is 28.0 Å². The molecule has 1 aromatic heterocycles. The maximum Gasteiger partial charge on any atom is 0.340 e. The molecule has 0 bridgehead atoms. The van der Waals surface area contributed by atoms with Crippen LogP contribution in [-0.2, 0) is 4.79 Å². The molecule has 0 saturated carbocycles. The van der Waals surface area contributed by atoms with E-state index >= 15 is 0 Å². The van der Waals surface area contributed by atoms with Crippen molar-refractivity contribution < 1.29 is 19.4 Å². The van der Waals surface area contributed by atoms with E-state index in [9.17, 15) is 9.59 Å². The SMILES string of the molecule is Cc1nsc(NC(=O)C2COc3ccccc32)c1C(=O)O. The molecule has 1 unspecified atom stereocenters. The molecule has 1 aliphatic heterocycles. The zero-order chi connectivity index (χ0) is 15.0. The number of carboxylic acid groups (broad SMARTS) is 1. The van der Waals surface area contributed by atoms with Gasteiger partial charge in [-0.1, -0.05) is 18.2 Å². The van der Waals surface area contributed by atoms with E-state index in [0.717, 1.165) is 17.1 Å². The highest BCUT2D eigenvalue weighted by atomic mass is 32.1. The number of carbonyl (C=O) groups is 2. The highest BCUT2D eigenvalue weighted by Gasteiger charge is 2.31. The minimum Gasteiger partial charge on any atom is -0.492 e. The molecule has 1 aliphatic rings. The molecule has 0 aliphatic carbocycles. The number of aromatic nitrogens is 1. The highest BCUT2D eigenvalue weighted by molar-refractivity contribution is 7.11. The van der Waals surface area contributed by atoms with Gasteiger partial charge in [-0.25, -0.2) is 4.79 Å². The first-order valence-corrected chi connectivity index (χ1v) is 7.07. The standard InChI is InChI=1S/C14H12N2O4S/c1-7-11(14(18)19)13(21-16-7)15-12(17)9-6-20-10-5-3-2-4-8(9)10/h2-5,9H,6H2,1H3,(H,15,17)(H,18,19). The number of para-hydroxylation sites is 1. The molecule has 1 amide bonds. The predicted octanol–water partition coefficient (Wildman–Crippen LogP) is 2.26.